The highest BCUT2D eigenvalue weighted by atomic mass is 16.7. The largest absolute Gasteiger partial charge is 0.365 e. The standard InChI is InChI=1S/C10H25N7O2/c11-5-1-2-6-15-8-9(12)4-3-7-16(10(13)14)17(18)19/h9,15H,1-8,11-12H2,(H3,13,14)/t9-/m0/s1. The van der Waals surface area contributed by atoms with Crippen molar-refractivity contribution < 1.29 is 5.03 Å². The first-order valence-corrected chi connectivity index (χ1v) is 6.41. The maximum atomic E-state index is 10.5. The monoisotopic (exact) mass is 275 g/mol. The van der Waals surface area contributed by atoms with Crippen LogP contribution in [0.3, 0.4) is 0 Å². The number of guanidine groups is 1. The third-order valence-electron chi connectivity index (χ3n) is 2.63. The maximum absolute atomic E-state index is 10.5. The molecule has 0 unspecified atom stereocenters. The first-order valence-electron chi connectivity index (χ1n) is 6.41. The summed E-state index contributed by atoms with van der Waals surface area (Å²) in [5.41, 5.74) is 16.3. The van der Waals surface area contributed by atoms with Gasteiger partial charge in [-0.25, -0.2) is 10.1 Å². The second-order valence-corrected chi connectivity index (χ2v) is 4.35. The van der Waals surface area contributed by atoms with Crippen molar-refractivity contribution in [3.8, 4) is 0 Å². The first kappa shape index (κ1) is 17.6. The molecule has 0 radical (unpaired) electrons. The van der Waals surface area contributed by atoms with Crippen LogP contribution in [0.25, 0.3) is 0 Å². The van der Waals surface area contributed by atoms with E-state index in [1.807, 2.05) is 0 Å². The second-order valence-electron chi connectivity index (χ2n) is 4.35. The lowest BCUT2D eigenvalue weighted by Crippen LogP contribution is -2.42. The number of rotatable bonds is 11. The van der Waals surface area contributed by atoms with Crippen LogP contribution in [-0.2, 0) is 0 Å². The summed E-state index contributed by atoms with van der Waals surface area (Å²) in [5, 5.41) is 20.7. The molecule has 1 atom stereocenters. The van der Waals surface area contributed by atoms with Gasteiger partial charge in [0.1, 0.15) is 0 Å². The molecule has 0 bridgehead atoms. The molecule has 19 heavy (non-hydrogen) atoms. The molecule has 0 aliphatic carbocycles. The maximum Gasteiger partial charge on any atom is 0.251 e. The summed E-state index contributed by atoms with van der Waals surface area (Å²) in [4.78, 5) is 10.5. The molecule has 0 fully saturated rings. The van der Waals surface area contributed by atoms with Gasteiger partial charge in [0.25, 0.3) is 5.96 Å². The van der Waals surface area contributed by atoms with E-state index in [0.29, 0.717) is 30.9 Å². The van der Waals surface area contributed by atoms with Gasteiger partial charge in [-0.15, -0.1) is 0 Å². The van der Waals surface area contributed by atoms with Gasteiger partial charge < -0.3 is 22.5 Å². The molecule has 0 aliphatic rings. The summed E-state index contributed by atoms with van der Waals surface area (Å²) in [6.45, 7) is 2.33. The summed E-state index contributed by atoms with van der Waals surface area (Å²) < 4.78 is 0. The Morgan fingerprint density at radius 1 is 1.42 bits per heavy atom. The van der Waals surface area contributed by atoms with Crippen molar-refractivity contribution in [2.75, 3.05) is 26.2 Å². The van der Waals surface area contributed by atoms with Crippen LogP contribution in [0.15, 0.2) is 0 Å². The Morgan fingerprint density at radius 3 is 2.63 bits per heavy atom. The zero-order valence-corrected chi connectivity index (χ0v) is 11.2. The Morgan fingerprint density at radius 2 is 2.11 bits per heavy atom. The summed E-state index contributed by atoms with van der Waals surface area (Å²) in [7, 11) is 0. The van der Waals surface area contributed by atoms with Crippen molar-refractivity contribution in [1.82, 2.24) is 10.3 Å². The predicted molar refractivity (Wildman–Crippen MR) is 74.0 cm³/mol. The Bertz CT molecular complexity index is 261. The number of nitrogens with zero attached hydrogens (tertiary/aromatic N) is 2. The topological polar surface area (TPSA) is 160 Å². The number of nitro groups is 1. The average Bonchev–Trinajstić information content (AvgIpc) is 2.33. The predicted octanol–water partition coefficient (Wildman–Crippen LogP) is -1.19. The van der Waals surface area contributed by atoms with E-state index in [1.165, 1.54) is 0 Å². The fraction of sp³-hybridized carbons (Fsp3) is 0.900. The van der Waals surface area contributed by atoms with Gasteiger partial charge in [-0.1, -0.05) is 5.01 Å². The van der Waals surface area contributed by atoms with Crippen molar-refractivity contribution in [3.05, 3.63) is 10.1 Å². The average molecular weight is 275 g/mol. The fourth-order valence-electron chi connectivity index (χ4n) is 1.58. The van der Waals surface area contributed by atoms with E-state index in [1.54, 1.807) is 0 Å². The molecule has 0 heterocycles. The lowest BCUT2D eigenvalue weighted by Gasteiger charge is -2.15. The van der Waals surface area contributed by atoms with E-state index in [2.05, 4.69) is 5.32 Å². The van der Waals surface area contributed by atoms with E-state index in [0.717, 1.165) is 19.4 Å². The van der Waals surface area contributed by atoms with Crippen LogP contribution >= 0.6 is 0 Å². The Kier molecular flexibility index (Phi) is 9.67. The van der Waals surface area contributed by atoms with E-state index in [9.17, 15) is 10.1 Å². The number of hydrogen-bond acceptors (Lipinski definition) is 6. The molecular weight excluding hydrogens is 250 g/mol. The van der Waals surface area contributed by atoms with Crippen LogP contribution < -0.4 is 22.5 Å². The third kappa shape index (κ3) is 9.17. The van der Waals surface area contributed by atoms with Gasteiger partial charge in [0.15, 0.2) is 5.03 Å². The Hall–Kier alpha value is -1.45. The summed E-state index contributed by atoms with van der Waals surface area (Å²) in [5.74, 6) is -0.557. The molecule has 0 aromatic heterocycles. The molecule has 9 nitrogen and oxygen atoms in total. The molecule has 112 valence electrons. The Balaban J connectivity index is 3.64. The number of nitrogens with two attached hydrogens (primary N) is 3. The number of unbranched alkanes of at least 4 members (excludes halogenated alkanes) is 1. The highest BCUT2D eigenvalue weighted by Gasteiger charge is 2.17. The lowest BCUT2D eigenvalue weighted by molar-refractivity contribution is -0.629. The SMILES string of the molecule is N=C(N)N(CCC[C@H](N)CNCCCCN)[N+](=O)[O-]. The van der Waals surface area contributed by atoms with Gasteiger partial charge >= 0.3 is 0 Å². The molecule has 0 rings (SSSR count). The minimum atomic E-state index is -0.682. The van der Waals surface area contributed by atoms with Crippen LogP contribution in [0.5, 0.6) is 0 Å². The Labute approximate surface area is 113 Å². The minimum Gasteiger partial charge on any atom is -0.365 e. The second kappa shape index (κ2) is 10.5. The quantitative estimate of drug-likeness (QED) is 0.104. The van der Waals surface area contributed by atoms with E-state index >= 15 is 0 Å². The van der Waals surface area contributed by atoms with Gasteiger partial charge in [0.2, 0.25) is 0 Å². The van der Waals surface area contributed by atoms with Crippen molar-refractivity contribution in [2.45, 2.75) is 31.7 Å². The molecule has 0 spiro atoms. The van der Waals surface area contributed by atoms with Crippen LogP contribution in [0, 0.1) is 15.5 Å². The first-order chi connectivity index (χ1) is 8.99. The van der Waals surface area contributed by atoms with Gasteiger partial charge in [0.05, 0.1) is 6.54 Å². The molecular formula is C10H25N7O2. The molecule has 9 heteroatoms. The molecule has 0 aromatic rings. The molecule has 8 N–H and O–H groups in total. The van der Waals surface area contributed by atoms with E-state index < -0.39 is 11.0 Å². The van der Waals surface area contributed by atoms with Crippen LogP contribution in [0.1, 0.15) is 25.7 Å². The number of hydrazine groups is 1. The van der Waals surface area contributed by atoms with Crippen molar-refractivity contribution in [2.24, 2.45) is 17.2 Å². The molecule has 0 saturated heterocycles. The summed E-state index contributed by atoms with van der Waals surface area (Å²) in [6, 6.07) is -0.0570. The lowest BCUT2D eigenvalue weighted by atomic mass is 10.1. The highest BCUT2D eigenvalue weighted by Crippen LogP contribution is 1.98. The smallest absolute Gasteiger partial charge is 0.251 e. The van der Waals surface area contributed by atoms with Crippen molar-refractivity contribution >= 4 is 5.96 Å². The summed E-state index contributed by atoms with van der Waals surface area (Å²) in [6.07, 6.45) is 3.16. The van der Waals surface area contributed by atoms with Crippen molar-refractivity contribution in [3.63, 3.8) is 0 Å². The van der Waals surface area contributed by atoms with Crippen LogP contribution in [-0.4, -0.2) is 48.2 Å². The minimum absolute atomic E-state index is 0.0570. The zero-order chi connectivity index (χ0) is 14.7. The normalized spacial score (nSPS) is 12.1. The van der Waals surface area contributed by atoms with Crippen LogP contribution in [0.2, 0.25) is 0 Å². The van der Waals surface area contributed by atoms with Gasteiger partial charge in [-0.3, -0.25) is 5.41 Å². The van der Waals surface area contributed by atoms with E-state index in [4.69, 9.17) is 22.6 Å². The zero-order valence-electron chi connectivity index (χ0n) is 11.2. The third-order valence-corrected chi connectivity index (χ3v) is 2.63. The van der Waals surface area contributed by atoms with Crippen molar-refractivity contribution in [1.29, 1.82) is 5.41 Å². The summed E-state index contributed by atoms with van der Waals surface area (Å²) >= 11 is 0. The van der Waals surface area contributed by atoms with Crippen LogP contribution in [0.4, 0.5) is 0 Å². The van der Waals surface area contributed by atoms with Gasteiger partial charge in [0, 0.05) is 12.6 Å². The molecule has 0 aliphatic heterocycles. The molecule has 0 aromatic carbocycles. The number of hydrogen-bond donors (Lipinski definition) is 5. The van der Waals surface area contributed by atoms with E-state index in [-0.39, 0.29) is 12.6 Å². The molecule has 0 saturated carbocycles. The van der Waals surface area contributed by atoms with Gasteiger partial charge in [-0.05, 0) is 38.8 Å². The van der Waals surface area contributed by atoms with Gasteiger partial charge in [-0.2, -0.15) is 0 Å². The highest BCUT2D eigenvalue weighted by molar-refractivity contribution is 5.73. The molecule has 0 amide bonds. The number of nitrogens with one attached hydrogen (secondary N) is 2. The fourth-order valence-corrected chi connectivity index (χ4v) is 1.58.